The van der Waals surface area contributed by atoms with Crippen LogP contribution in [0.1, 0.15) is 16.8 Å². The second kappa shape index (κ2) is 4.82. The van der Waals surface area contributed by atoms with E-state index in [1.807, 2.05) is 30.5 Å². The summed E-state index contributed by atoms with van der Waals surface area (Å²) in [5.74, 6) is 0.576. The molecule has 1 amide bonds. The van der Waals surface area contributed by atoms with Gasteiger partial charge in [-0.25, -0.2) is 0 Å². The van der Waals surface area contributed by atoms with E-state index in [0.29, 0.717) is 5.92 Å². The Bertz CT molecular complexity index is 555. The van der Waals surface area contributed by atoms with Crippen LogP contribution >= 0.6 is 0 Å². The average Bonchev–Trinajstić information content (AvgIpc) is 3.05. The van der Waals surface area contributed by atoms with E-state index in [1.54, 1.807) is 0 Å². The topological polar surface area (TPSA) is 56.9 Å². The van der Waals surface area contributed by atoms with E-state index in [1.165, 1.54) is 0 Å². The number of fused-ring (bicyclic) bond motifs is 1. The molecule has 2 aromatic rings. The molecule has 94 valence electrons. The molecule has 1 aliphatic rings. The molecule has 0 radical (unpaired) electrons. The van der Waals surface area contributed by atoms with Crippen molar-refractivity contribution in [3.8, 4) is 0 Å². The fourth-order valence-electron chi connectivity index (χ4n) is 2.50. The molecule has 0 aliphatic carbocycles. The number of nitrogens with one attached hydrogen (secondary N) is 3. The van der Waals surface area contributed by atoms with Crippen LogP contribution in [-0.4, -0.2) is 30.5 Å². The lowest BCUT2D eigenvalue weighted by Gasteiger charge is -2.10. The third-order valence-corrected chi connectivity index (χ3v) is 3.55. The first-order chi connectivity index (χ1) is 8.84. The molecular formula is C14H17N3O. The summed E-state index contributed by atoms with van der Waals surface area (Å²) in [5, 5.41) is 7.40. The van der Waals surface area contributed by atoms with Gasteiger partial charge >= 0.3 is 0 Å². The molecule has 0 saturated carbocycles. The van der Waals surface area contributed by atoms with E-state index in [4.69, 9.17) is 0 Å². The van der Waals surface area contributed by atoms with Crippen LogP contribution in [0.25, 0.3) is 10.9 Å². The van der Waals surface area contributed by atoms with Gasteiger partial charge < -0.3 is 15.6 Å². The van der Waals surface area contributed by atoms with E-state index < -0.39 is 0 Å². The molecule has 0 bridgehead atoms. The fraction of sp³-hybridized carbons (Fsp3) is 0.357. The highest BCUT2D eigenvalue weighted by Crippen LogP contribution is 2.17. The Morgan fingerprint density at radius 1 is 1.39 bits per heavy atom. The van der Waals surface area contributed by atoms with E-state index in [9.17, 15) is 4.79 Å². The van der Waals surface area contributed by atoms with Crippen LogP contribution in [0, 0.1) is 5.92 Å². The van der Waals surface area contributed by atoms with Crippen LogP contribution in [0.3, 0.4) is 0 Å². The molecule has 1 saturated heterocycles. The Balaban J connectivity index is 1.73. The monoisotopic (exact) mass is 243 g/mol. The highest BCUT2D eigenvalue weighted by Gasteiger charge is 2.16. The van der Waals surface area contributed by atoms with Crippen LogP contribution in [0.4, 0.5) is 0 Å². The van der Waals surface area contributed by atoms with Crippen molar-refractivity contribution >= 4 is 16.8 Å². The van der Waals surface area contributed by atoms with Crippen LogP contribution in [0.2, 0.25) is 0 Å². The zero-order valence-corrected chi connectivity index (χ0v) is 10.2. The first kappa shape index (κ1) is 11.3. The van der Waals surface area contributed by atoms with Gasteiger partial charge in [-0.05, 0) is 37.6 Å². The van der Waals surface area contributed by atoms with Crippen molar-refractivity contribution < 1.29 is 4.79 Å². The Morgan fingerprint density at radius 2 is 2.33 bits per heavy atom. The molecular weight excluding hydrogens is 226 g/mol. The summed E-state index contributed by atoms with van der Waals surface area (Å²) >= 11 is 0. The first-order valence-electron chi connectivity index (χ1n) is 6.39. The van der Waals surface area contributed by atoms with Crippen molar-refractivity contribution in [2.45, 2.75) is 6.42 Å². The number of carbonyl (C=O) groups is 1. The SMILES string of the molecule is O=C(NCC1CCNC1)c1cccc2cc[nH]c12. The van der Waals surface area contributed by atoms with Gasteiger partial charge in [0.1, 0.15) is 0 Å². The maximum absolute atomic E-state index is 12.2. The van der Waals surface area contributed by atoms with Gasteiger partial charge in [-0.1, -0.05) is 12.1 Å². The third kappa shape index (κ3) is 2.11. The Kier molecular flexibility index (Phi) is 3.02. The summed E-state index contributed by atoms with van der Waals surface area (Å²) in [6.45, 7) is 2.82. The van der Waals surface area contributed by atoms with E-state index in [0.717, 1.165) is 42.5 Å². The lowest BCUT2D eigenvalue weighted by Crippen LogP contribution is -2.30. The lowest BCUT2D eigenvalue weighted by molar-refractivity contribution is 0.0949. The van der Waals surface area contributed by atoms with Crippen LogP contribution in [0.15, 0.2) is 30.5 Å². The Labute approximate surface area is 106 Å². The van der Waals surface area contributed by atoms with Crippen LogP contribution < -0.4 is 10.6 Å². The normalized spacial score (nSPS) is 19.2. The van der Waals surface area contributed by atoms with Crippen molar-refractivity contribution in [2.24, 2.45) is 5.92 Å². The van der Waals surface area contributed by atoms with E-state index in [-0.39, 0.29) is 5.91 Å². The second-order valence-corrected chi connectivity index (χ2v) is 4.82. The van der Waals surface area contributed by atoms with Gasteiger partial charge in [0, 0.05) is 18.1 Å². The number of amides is 1. The second-order valence-electron chi connectivity index (χ2n) is 4.82. The molecule has 4 nitrogen and oxygen atoms in total. The van der Waals surface area contributed by atoms with Gasteiger partial charge in [0.05, 0.1) is 11.1 Å². The predicted octanol–water partition coefficient (Wildman–Crippen LogP) is 1.51. The predicted molar refractivity (Wildman–Crippen MR) is 71.6 cm³/mol. The molecule has 3 N–H and O–H groups in total. The van der Waals surface area contributed by atoms with Gasteiger partial charge in [-0.2, -0.15) is 0 Å². The van der Waals surface area contributed by atoms with Gasteiger partial charge in [0.25, 0.3) is 5.91 Å². The number of hydrogen-bond acceptors (Lipinski definition) is 2. The highest BCUT2D eigenvalue weighted by molar-refractivity contribution is 6.05. The molecule has 3 rings (SSSR count). The largest absolute Gasteiger partial charge is 0.361 e. The maximum atomic E-state index is 12.2. The van der Waals surface area contributed by atoms with Gasteiger partial charge in [0.15, 0.2) is 0 Å². The summed E-state index contributed by atoms with van der Waals surface area (Å²) in [6.07, 6.45) is 3.01. The number of carbonyl (C=O) groups excluding carboxylic acids is 1. The summed E-state index contributed by atoms with van der Waals surface area (Å²) < 4.78 is 0. The Hall–Kier alpha value is -1.81. The smallest absolute Gasteiger partial charge is 0.253 e. The first-order valence-corrected chi connectivity index (χ1v) is 6.39. The number of hydrogen-bond donors (Lipinski definition) is 3. The molecule has 4 heteroatoms. The van der Waals surface area contributed by atoms with Gasteiger partial charge in [-0.15, -0.1) is 0 Å². The van der Waals surface area contributed by atoms with Crippen molar-refractivity contribution in [1.82, 2.24) is 15.6 Å². The zero-order chi connectivity index (χ0) is 12.4. The van der Waals surface area contributed by atoms with Gasteiger partial charge in [-0.3, -0.25) is 4.79 Å². The number of aromatic nitrogens is 1. The van der Waals surface area contributed by atoms with Crippen LogP contribution in [-0.2, 0) is 0 Å². The molecule has 18 heavy (non-hydrogen) atoms. The van der Waals surface area contributed by atoms with Crippen molar-refractivity contribution in [3.05, 3.63) is 36.0 Å². The molecule has 1 aromatic heterocycles. The zero-order valence-electron chi connectivity index (χ0n) is 10.2. The third-order valence-electron chi connectivity index (χ3n) is 3.55. The summed E-state index contributed by atoms with van der Waals surface area (Å²) in [5.41, 5.74) is 1.64. The highest BCUT2D eigenvalue weighted by atomic mass is 16.1. The molecule has 2 heterocycles. The quantitative estimate of drug-likeness (QED) is 0.765. The number of para-hydroxylation sites is 1. The van der Waals surface area contributed by atoms with Crippen molar-refractivity contribution in [2.75, 3.05) is 19.6 Å². The minimum absolute atomic E-state index is 0.00921. The molecule has 1 atom stereocenters. The minimum Gasteiger partial charge on any atom is -0.361 e. The molecule has 1 fully saturated rings. The number of benzene rings is 1. The molecule has 0 spiro atoms. The summed E-state index contributed by atoms with van der Waals surface area (Å²) in [6, 6.07) is 7.76. The minimum atomic E-state index is 0.00921. The summed E-state index contributed by atoms with van der Waals surface area (Å²) in [4.78, 5) is 15.3. The number of H-pyrrole nitrogens is 1. The van der Waals surface area contributed by atoms with Crippen LogP contribution in [0.5, 0.6) is 0 Å². The molecule has 1 aromatic carbocycles. The van der Waals surface area contributed by atoms with E-state index in [2.05, 4.69) is 15.6 Å². The number of aromatic amines is 1. The average molecular weight is 243 g/mol. The standard InChI is InChI=1S/C14H17N3O/c18-14(17-9-10-4-6-15-8-10)12-3-1-2-11-5-7-16-13(11)12/h1-3,5,7,10,15-16H,4,6,8-9H2,(H,17,18). The maximum Gasteiger partial charge on any atom is 0.253 e. The van der Waals surface area contributed by atoms with Crippen molar-refractivity contribution in [1.29, 1.82) is 0 Å². The molecule has 1 unspecified atom stereocenters. The molecule has 1 aliphatic heterocycles. The Morgan fingerprint density at radius 3 is 3.17 bits per heavy atom. The van der Waals surface area contributed by atoms with Gasteiger partial charge in [0.2, 0.25) is 0 Å². The van der Waals surface area contributed by atoms with E-state index >= 15 is 0 Å². The summed E-state index contributed by atoms with van der Waals surface area (Å²) in [7, 11) is 0. The lowest BCUT2D eigenvalue weighted by atomic mass is 10.1. The van der Waals surface area contributed by atoms with Crippen molar-refractivity contribution in [3.63, 3.8) is 0 Å². The fourth-order valence-corrected chi connectivity index (χ4v) is 2.50. The number of rotatable bonds is 3.